The highest BCUT2D eigenvalue weighted by Crippen LogP contribution is 2.13. The molecule has 1 heterocycles. The molecule has 1 aromatic rings. The normalized spacial score (nSPS) is 21.1. The van der Waals surface area contributed by atoms with Crippen LogP contribution in [0, 0.1) is 5.82 Å². The molecule has 1 aromatic carbocycles. The minimum absolute atomic E-state index is 0.143. The zero-order valence-corrected chi connectivity index (χ0v) is 10.9. The van der Waals surface area contributed by atoms with E-state index in [1.54, 1.807) is 6.92 Å². The van der Waals surface area contributed by atoms with E-state index in [4.69, 9.17) is 0 Å². The van der Waals surface area contributed by atoms with Crippen molar-refractivity contribution in [2.24, 2.45) is 0 Å². The van der Waals surface area contributed by atoms with Gasteiger partial charge in [-0.15, -0.1) is 0 Å². The second kappa shape index (κ2) is 5.48. The predicted molar refractivity (Wildman–Crippen MR) is 68.5 cm³/mol. The van der Waals surface area contributed by atoms with Gasteiger partial charge < -0.3 is 4.90 Å². The summed E-state index contributed by atoms with van der Waals surface area (Å²) in [5, 5.41) is 0. The van der Waals surface area contributed by atoms with E-state index < -0.39 is 0 Å². The quantitative estimate of drug-likeness (QED) is 0.800. The molecule has 98 valence electrons. The van der Waals surface area contributed by atoms with E-state index >= 15 is 0 Å². The molecule has 1 aliphatic heterocycles. The fourth-order valence-corrected chi connectivity index (χ4v) is 2.49. The first-order valence-corrected chi connectivity index (χ1v) is 6.30. The number of nitrogens with zero attached hydrogens (tertiary/aromatic N) is 2. The average molecular weight is 250 g/mol. The molecular weight excluding hydrogens is 231 g/mol. The molecule has 1 aliphatic rings. The van der Waals surface area contributed by atoms with Gasteiger partial charge in [0.25, 0.3) is 0 Å². The standard InChI is InChI=1S/C14H19FN2O/c1-11-9-16(7-8-17(11)12(2)18)10-13-3-5-14(15)6-4-13/h3-6,11H,7-10H2,1-2H3. The van der Waals surface area contributed by atoms with E-state index in [9.17, 15) is 9.18 Å². The van der Waals surface area contributed by atoms with Crippen LogP contribution in [0.2, 0.25) is 0 Å². The monoisotopic (exact) mass is 250 g/mol. The number of carbonyl (C=O) groups is 1. The third-order valence-electron chi connectivity index (χ3n) is 3.44. The van der Waals surface area contributed by atoms with Crippen LogP contribution < -0.4 is 0 Å². The van der Waals surface area contributed by atoms with Gasteiger partial charge in [-0.1, -0.05) is 12.1 Å². The lowest BCUT2D eigenvalue weighted by Gasteiger charge is -2.39. The van der Waals surface area contributed by atoms with Crippen molar-refractivity contribution in [3.05, 3.63) is 35.6 Å². The number of rotatable bonds is 2. The van der Waals surface area contributed by atoms with Crippen molar-refractivity contribution in [1.29, 1.82) is 0 Å². The number of carbonyl (C=O) groups excluding carboxylic acids is 1. The molecule has 1 atom stereocenters. The molecule has 2 rings (SSSR count). The second-order valence-corrected chi connectivity index (χ2v) is 4.92. The van der Waals surface area contributed by atoms with Crippen LogP contribution in [0.1, 0.15) is 19.4 Å². The molecule has 0 radical (unpaired) electrons. The molecule has 1 unspecified atom stereocenters. The van der Waals surface area contributed by atoms with Gasteiger partial charge in [0, 0.05) is 39.1 Å². The first-order valence-electron chi connectivity index (χ1n) is 6.30. The van der Waals surface area contributed by atoms with Crippen LogP contribution in [0.25, 0.3) is 0 Å². The summed E-state index contributed by atoms with van der Waals surface area (Å²) in [6.07, 6.45) is 0. The largest absolute Gasteiger partial charge is 0.338 e. The van der Waals surface area contributed by atoms with Gasteiger partial charge in [-0.25, -0.2) is 4.39 Å². The van der Waals surface area contributed by atoms with Gasteiger partial charge in [0.05, 0.1) is 0 Å². The molecule has 0 N–H and O–H groups in total. The van der Waals surface area contributed by atoms with E-state index in [1.807, 2.05) is 17.0 Å². The molecule has 0 aromatic heterocycles. The van der Waals surface area contributed by atoms with Crippen molar-refractivity contribution in [3.63, 3.8) is 0 Å². The van der Waals surface area contributed by atoms with Gasteiger partial charge >= 0.3 is 0 Å². The number of piperazine rings is 1. The van der Waals surface area contributed by atoms with E-state index in [0.29, 0.717) is 0 Å². The van der Waals surface area contributed by atoms with E-state index in [-0.39, 0.29) is 17.8 Å². The highest BCUT2D eigenvalue weighted by atomic mass is 19.1. The van der Waals surface area contributed by atoms with Crippen molar-refractivity contribution in [1.82, 2.24) is 9.80 Å². The van der Waals surface area contributed by atoms with Crippen LogP contribution in [0.4, 0.5) is 4.39 Å². The molecule has 1 fully saturated rings. The molecule has 0 saturated carbocycles. The fourth-order valence-electron chi connectivity index (χ4n) is 2.49. The molecule has 0 spiro atoms. The summed E-state index contributed by atoms with van der Waals surface area (Å²) >= 11 is 0. The summed E-state index contributed by atoms with van der Waals surface area (Å²) < 4.78 is 12.8. The van der Waals surface area contributed by atoms with Crippen LogP contribution in [0.3, 0.4) is 0 Å². The first kappa shape index (κ1) is 13.0. The van der Waals surface area contributed by atoms with Crippen LogP contribution in [0.15, 0.2) is 24.3 Å². The Kier molecular flexibility index (Phi) is 3.97. The Balaban J connectivity index is 1.93. The summed E-state index contributed by atoms with van der Waals surface area (Å²) in [5.41, 5.74) is 1.11. The third kappa shape index (κ3) is 3.07. The Morgan fingerprint density at radius 1 is 1.33 bits per heavy atom. The number of amides is 1. The molecule has 1 saturated heterocycles. The first-order chi connectivity index (χ1) is 8.56. The lowest BCUT2D eigenvalue weighted by Crippen LogP contribution is -2.52. The van der Waals surface area contributed by atoms with E-state index in [1.165, 1.54) is 12.1 Å². The molecule has 0 bridgehead atoms. The van der Waals surface area contributed by atoms with Crippen LogP contribution in [-0.2, 0) is 11.3 Å². The van der Waals surface area contributed by atoms with Crippen LogP contribution in [-0.4, -0.2) is 41.4 Å². The van der Waals surface area contributed by atoms with Crippen molar-refractivity contribution in [2.75, 3.05) is 19.6 Å². The molecule has 3 nitrogen and oxygen atoms in total. The van der Waals surface area contributed by atoms with Gasteiger partial charge in [-0.05, 0) is 24.6 Å². The van der Waals surface area contributed by atoms with E-state index in [2.05, 4.69) is 11.8 Å². The smallest absolute Gasteiger partial charge is 0.219 e. The maximum absolute atomic E-state index is 12.8. The lowest BCUT2D eigenvalue weighted by atomic mass is 10.1. The fraction of sp³-hybridized carbons (Fsp3) is 0.500. The van der Waals surface area contributed by atoms with Crippen molar-refractivity contribution in [3.8, 4) is 0 Å². The Labute approximate surface area is 107 Å². The highest BCUT2D eigenvalue weighted by molar-refractivity contribution is 5.73. The van der Waals surface area contributed by atoms with Crippen molar-refractivity contribution < 1.29 is 9.18 Å². The van der Waals surface area contributed by atoms with Gasteiger partial charge in [0.1, 0.15) is 5.82 Å². The van der Waals surface area contributed by atoms with Gasteiger partial charge in [-0.2, -0.15) is 0 Å². The molecule has 18 heavy (non-hydrogen) atoms. The summed E-state index contributed by atoms with van der Waals surface area (Å²) in [4.78, 5) is 15.6. The lowest BCUT2D eigenvalue weighted by molar-refractivity contribution is -0.133. The zero-order valence-electron chi connectivity index (χ0n) is 10.9. The third-order valence-corrected chi connectivity index (χ3v) is 3.44. The van der Waals surface area contributed by atoms with Crippen LogP contribution in [0.5, 0.6) is 0 Å². The maximum atomic E-state index is 12.8. The predicted octanol–water partition coefficient (Wildman–Crippen LogP) is 1.88. The highest BCUT2D eigenvalue weighted by Gasteiger charge is 2.24. The number of hydrogen-bond donors (Lipinski definition) is 0. The Morgan fingerprint density at radius 2 is 2.00 bits per heavy atom. The summed E-state index contributed by atoms with van der Waals surface area (Å²) in [7, 11) is 0. The van der Waals surface area contributed by atoms with Crippen LogP contribution >= 0.6 is 0 Å². The SMILES string of the molecule is CC(=O)N1CCN(Cc2ccc(F)cc2)CC1C. The average Bonchev–Trinajstić information content (AvgIpc) is 2.32. The number of hydrogen-bond acceptors (Lipinski definition) is 2. The molecule has 0 aliphatic carbocycles. The second-order valence-electron chi connectivity index (χ2n) is 4.92. The van der Waals surface area contributed by atoms with Gasteiger partial charge in [0.15, 0.2) is 0 Å². The topological polar surface area (TPSA) is 23.6 Å². The molecular formula is C14H19FN2O. The summed E-state index contributed by atoms with van der Waals surface area (Å²) in [5.74, 6) is -0.0579. The van der Waals surface area contributed by atoms with Crippen molar-refractivity contribution >= 4 is 5.91 Å². The van der Waals surface area contributed by atoms with Crippen molar-refractivity contribution in [2.45, 2.75) is 26.4 Å². The minimum Gasteiger partial charge on any atom is -0.338 e. The summed E-state index contributed by atoms with van der Waals surface area (Å²) in [6.45, 7) is 7.02. The Bertz CT molecular complexity index is 418. The maximum Gasteiger partial charge on any atom is 0.219 e. The zero-order chi connectivity index (χ0) is 13.1. The van der Waals surface area contributed by atoms with E-state index in [0.717, 1.165) is 31.7 Å². The minimum atomic E-state index is -0.200. The Hall–Kier alpha value is -1.42. The number of halogens is 1. The Morgan fingerprint density at radius 3 is 2.56 bits per heavy atom. The van der Waals surface area contributed by atoms with Gasteiger partial charge in [0.2, 0.25) is 5.91 Å². The molecule has 1 amide bonds. The molecule has 4 heteroatoms. The summed E-state index contributed by atoms with van der Waals surface area (Å²) in [6, 6.07) is 6.86. The number of benzene rings is 1. The van der Waals surface area contributed by atoms with Gasteiger partial charge in [-0.3, -0.25) is 9.69 Å².